The van der Waals surface area contributed by atoms with E-state index < -0.39 is 18.2 Å². The van der Waals surface area contributed by atoms with E-state index in [1.54, 1.807) is 23.2 Å². The number of aromatic nitrogens is 2. The molecule has 2 amide bonds. The predicted octanol–water partition coefficient (Wildman–Crippen LogP) is 2.56. The van der Waals surface area contributed by atoms with Crippen LogP contribution in [0.25, 0.3) is 10.9 Å². The minimum Gasteiger partial charge on any atom is -0.464 e. The van der Waals surface area contributed by atoms with E-state index in [0.29, 0.717) is 16.6 Å². The number of hydrogen-bond donors (Lipinski definition) is 1. The lowest BCUT2D eigenvalue weighted by Gasteiger charge is -2.40. The van der Waals surface area contributed by atoms with Gasteiger partial charge in [-0.15, -0.1) is 0 Å². The predicted molar refractivity (Wildman–Crippen MR) is 118 cm³/mol. The van der Waals surface area contributed by atoms with E-state index in [2.05, 4.69) is 4.98 Å². The van der Waals surface area contributed by atoms with Crippen LogP contribution in [-0.2, 0) is 27.4 Å². The van der Waals surface area contributed by atoms with Gasteiger partial charge in [-0.2, -0.15) is 0 Å². The standard InChI is InChI=1S/C23H24N4O6/c1-32-15-19-11-25(23(31)33-14-16-5-3-2-4-6-16)13-21(28)26(19)12-18-9-17-10-24-8-7-20(17)27(18)22(29)30/h2-10,19H,11-15H2,1H3,(H,29,30). The number of rotatable bonds is 6. The Bertz CT molecular complexity index is 1160. The van der Waals surface area contributed by atoms with E-state index >= 15 is 0 Å². The first-order valence-electron chi connectivity index (χ1n) is 10.4. The van der Waals surface area contributed by atoms with E-state index in [1.165, 1.54) is 18.2 Å². The number of ether oxygens (including phenoxy) is 2. The molecule has 0 spiro atoms. The molecular formula is C23H24N4O6. The molecule has 1 unspecified atom stereocenters. The van der Waals surface area contributed by atoms with E-state index in [1.807, 2.05) is 30.3 Å². The third-order valence-corrected chi connectivity index (χ3v) is 5.54. The lowest BCUT2D eigenvalue weighted by molar-refractivity contribution is -0.141. The second kappa shape index (κ2) is 9.70. The van der Waals surface area contributed by atoms with Crippen molar-refractivity contribution in [2.75, 3.05) is 26.8 Å². The van der Waals surface area contributed by atoms with Crippen LogP contribution in [0.4, 0.5) is 9.59 Å². The molecule has 10 nitrogen and oxygen atoms in total. The van der Waals surface area contributed by atoms with Gasteiger partial charge < -0.3 is 19.5 Å². The maximum absolute atomic E-state index is 13.0. The Morgan fingerprint density at radius 2 is 2.00 bits per heavy atom. The summed E-state index contributed by atoms with van der Waals surface area (Å²) >= 11 is 0. The molecule has 33 heavy (non-hydrogen) atoms. The summed E-state index contributed by atoms with van der Waals surface area (Å²) in [6.45, 7) is 0.393. The molecule has 1 fully saturated rings. The number of fused-ring (bicyclic) bond motifs is 1. The smallest absolute Gasteiger partial charge is 0.416 e. The van der Waals surface area contributed by atoms with Gasteiger partial charge >= 0.3 is 12.2 Å². The highest BCUT2D eigenvalue weighted by Crippen LogP contribution is 2.23. The highest BCUT2D eigenvalue weighted by atomic mass is 16.6. The van der Waals surface area contributed by atoms with Crippen LogP contribution in [0.5, 0.6) is 0 Å². The number of pyridine rings is 1. The SMILES string of the molecule is COCC1CN(C(=O)OCc2ccccc2)CC(=O)N1Cc1cc2cnccc2n1C(=O)O. The van der Waals surface area contributed by atoms with E-state index in [0.717, 1.165) is 10.1 Å². The van der Waals surface area contributed by atoms with Crippen molar-refractivity contribution in [1.82, 2.24) is 19.4 Å². The van der Waals surface area contributed by atoms with Crippen molar-refractivity contribution in [3.05, 3.63) is 66.1 Å². The van der Waals surface area contributed by atoms with E-state index in [9.17, 15) is 19.5 Å². The first-order chi connectivity index (χ1) is 16.0. The van der Waals surface area contributed by atoms with Crippen LogP contribution in [0.15, 0.2) is 54.9 Å². The van der Waals surface area contributed by atoms with Gasteiger partial charge in [0, 0.05) is 37.1 Å². The Hall–Kier alpha value is -3.92. The fraction of sp³-hybridized carbons (Fsp3) is 0.304. The molecule has 3 aromatic rings. The van der Waals surface area contributed by atoms with E-state index in [-0.39, 0.29) is 38.8 Å². The van der Waals surface area contributed by atoms with Crippen LogP contribution in [0.2, 0.25) is 0 Å². The van der Waals surface area contributed by atoms with Crippen LogP contribution in [0.1, 0.15) is 11.3 Å². The van der Waals surface area contributed by atoms with Gasteiger partial charge in [0.2, 0.25) is 5.91 Å². The Labute approximate surface area is 189 Å². The van der Waals surface area contributed by atoms with Gasteiger partial charge in [-0.1, -0.05) is 30.3 Å². The Morgan fingerprint density at radius 3 is 2.73 bits per heavy atom. The van der Waals surface area contributed by atoms with Crippen molar-refractivity contribution in [2.45, 2.75) is 19.2 Å². The van der Waals surface area contributed by atoms with Crippen LogP contribution in [-0.4, -0.2) is 75.4 Å². The zero-order valence-electron chi connectivity index (χ0n) is 18.1. The summed E-state index contributed by atoms with van der Waals surface area (Å²) in [4.78, 5) is 44.5. The molecule has 2 aromatic heterocycles. The number of hydrogen-bond acceptors (Lipinski definition) is 6. The molecule has 0 saturated carbocycles. The zero-order valence-corrected chi connectivity index (χ0v) is 18.1. The topological polar surface area (TPSA) is 114 Å². The average Bonchev–Trinajstić information content (AvgIpc) is 3.18. The summed E-state index contributed by atoms with van der Waals surface area (Å²) in [7, 11) is 1.51. The Balaban J connectivity index is 1.50. The molecule has 1 saturated heterocycles. The molecule has 0 radical (unpaired) electrons. The molecule has 4 rings (SSSR count). The number of nitrogens with zero attached hydrogens (tertiary/aromatic N) is 4. The van der Waals surface area contributed by atoms with Crippen molar-refractivity contribution in [3.8, 4) is 0 Å². The van der Waals surface area contributed by atoms with Crippen LogP contribution in [0, 0.1) is 0 Å². The Morgan fingerprint density at radius 1 is 1.21 bits per heavy atom. The highest BCUT2D eigenvalue weighted by molar-refractivity contribution is 5.90. The normalized spacial score (nSPS) is 16.3. The van der Waals surface area contributed by atoms with Crippen molar-refractivity contribution in [1.29, 1.82) is 0 Å². The number of carbonyl (C=O) groups is 3. The fourth-order valence-corrected chi connectivity index (χ4v) is 4.01. The molecule has 1 atom stereocenters. The first kappa shape index (κ1) is 22.3. The average molecular weight is 452 g/mol. The highest BCUT2D eigenvalue weighted by Gasteiger charge is 2.36. The summed E-state index contributed by atoms with van der Waals surface area (Å²) in [5, 5.41) is 10.4. The third-order valence-electron chi connectivity index (χ3n) is 5.54. The van der Waals surface area contributed by atoms with E-state index in [4.69, 9.17) is 9.47 Å². The molecule has 0 aliphatic carbocycles. The molecule has 0 bridgehead atoms. The van der Waals surface area contributed by atoms with Crippen molar-refractivity contribution >= 4 is 29.0 Å². The molecular weight excluding hydrogens is 428 g/mol. The molecule has 172 valence electrons. The summed E-state index contributed by atoms with van der Waals surface area (Å²) in [6, 6.07) is 12.1. The van der Waals surface area contributed by atoms with Crippen molar-refractivity contribution < 1.29 is 29.0 Å². The number of carboxylic acid groups (broad SMARTS) is 1. The van der Waals surface area contributed by atoms with Gasteiger partial charge in [-0.3, -0.25) is 14.7 Å². The maximum Gasteiger partial charge on any atom is 0.416 e. The van der Waals surface area contributed by atoms with Crippen LogP contribution in [0.3, 0.4) is 0 Å². The number of methoxy groups -OCH3 is 1. The summed E-state index contributed by atoms with van der Waals surface area (Å²) < 4.78 is 11.8. The molecule has 1 aliphatic heterocycles. The zero-order chi connectivity index (χ0) is 23.4. The summed E-state index contributed by atoms with van der Waals surface area (Å²) in [6.07, 6.45) is 1.36. The van der Waals surface area contributed by atoms with Gasteiger partial charge in [0.15, 0.2) is 0 Å². The molecule has 10 heteroatoms. The minimum atomic E-state index is -1.15. The van der Waals surface area contributed by atoms with Gasteiger partial charge in [0.05, 0.1) is 24.7 Å². The number of piperazine rings is 1. The first-order valence-corrected chi connectivity index (χ1v) is 10.4. The molecule has 3 heterocycles. The third kappa shape index (κ3) is 4.80. The lowest BCUT2D eigenvalue weighted by atomic mass is 10.1. The molecule has 1 N–H and O–H groups in total. The van der Waals surface area contributed by atoms with Crippen molar-refractivity contribution in [2.24, 2.45) is 0 Å². The van der Waals surface area contributed by atoms with Gasteiger partial charge in [0.25, 0.3) is 0 Å². The monoisotopic (exact) mass is 452 g/mol. The van der Waals surface area contributed by atoms with Crippen LogP contribution < -0.4 is 0 Å². The second-order valence-electron chi connectivity index (χ2n) is 7.74. The van der Waals surface area contributed by atoms with Gasteiger partial charge in [0.1, 0.15) is 13.2 Å². The number of benzene rings is 1. The Kier molecular flexibility index (Phi) is 6.55. The number of amides is 2. The quantitative estimate of drug-likeness (QED) is 0.611. The number of carbonyl (C=O) groups excluding carboxylic acids is 2. The minimum absolute atomic E-state index is 0.0563. The fourth-order valence-electron chi connectivity index (χ4n) is 4.01. The largest absolute Gasteiger partial charge is 0.464 e. The second-order valence-corrected chi connectivity index (χ2v) is 7.74. The lowest BCUT2D eigenvalue weighted by Crippen LogP contribution is -2.59. The van der Waals surface area contributed by atoms with Gasteiger partial charge in [-0.25, -0.2) is 14.2 Å². The summed E-state index contributed by atoms with van der Waals surface area (Å²) in [5.74, 6) is -0.319. The molecule has 1 aromatic carbocycles. The summed E-state index contributed by atoms with van der Waals surface area (Å²) in [5.41, 5.74) is 1.77. The van der Waals surface area contributed by atoms with Crippen molar-refractivity contribution in [3.63, 3.8) is 0 Å². The maximum atomic E-state index is 13.0. The van der Waals surface area contributed by atoms with Crippen LogP contribution >= 0.6 is 0 Å². The molecule has 1 aliphatic rings. The van der Waals surface area contributed by atoms with Gasteiger partial charge in [-0.05, 0) is 17.7 Å².